The second-order valence-electron chi connectivity index (χ2n) is 1.58. The molecular weight excluding hydrogens is 162 g/mol. The van der Waals surface area contributed by atoms with E-state index in [4.69, 9.17) is 0 Å². The van der Waals surface area contributed by atoms with Gasteiger partial charge in [-0.1, -0.05) is 0 Å². The molecule has 0 bridgehead atoms. The predicted molar refractivity (Wildman–Crippen MR) is 31.7 cm³/mol. The molecule has 0 aromatic rings. The monoisotopic (exact) mass is 169 g/mol. The molecule has 0 unspecified atom stereocenters. The molecule has 0 N–H and O–H groups in total. The van der Waals surface area contributed by atoms with Crippen LogP contribution in [0.5, 0.6) is 0 Å². The molecule has 0 aliphatic heterocycles. The van der Waals surface area contributed by atoms with Crippen molar-refractivity contribution in [2.45, 2.75) is 20.3 Å². The molecule has 0 heterocycles. The molecular formula is C5H8GaO2+3. The van der Waals surface area contributed by atoms with Crippen LogP contribution in [0.15, 0.2) is 0 Å². The molecule has 2 nitrogen and oxygen atoms in total. The molecule has 0 saturated heterocycles. The molecule has 0 saturated carbocycles. The van der Waals surface area contributed by atoms with Crippen molar-refractivity contribution < 1.29 is 9.59 Å². The summed E-state index contributed by atoms with van der Waals surface area (Å²) >= 11 is 0. The molecule has 0 radical (unpaired) electrons. The number of hydrogen-bond acceptors (Lipinski definition) is 2. The number of hydrogen-bond donors (Lipinski definition) is 0. The molecule has 8 heavy (non-hydrogen) atoms. The van der Waals surface area contributed by atoms with E-state index < -0.39 is 0 Å². The Morgan fingerprint density at radius 2 is 1.38 bits per heavy atom. The molecule has 0 aliphatic carbocycles. The summed E-state index contributed by atoms with van der Waals surface area (Å²) in [4.78, 5) is 20.1. The summed E-state index contributed by atoms with van der Waals surface area (Å²) in [6, 6.07) is 0. The number of Topliss-reactive ketones (excluding diaryl/α,β-unsaturated/α-hetero) is 2. The largest absolute Gasteiger partial charge is 3.00 e. The fourth-order valence-electron chi connectivity index (χ4n) is 0.351. The van der Waals surface area contributed by atoms with Crippen LogP contribution in [0.3, 0.4) is 0 Å². The second-order valence-corrected chi connectivity index (χ2v) is 1.58. The van der Waals surface area contributed by atoms with Crippen molar-refractivity contribution in [3.63, 3.8) is 0 Å². The van der Waals surface area contributed by atoms with Crippen LogP contribution in [-0.4, -0.2) is 31.4 Å². The third-order valence-electron chi connectivity index (χ3n) is 0.498. The standard InChI is InChI=1S/C5H8O2.Ga/c1-4(6)3-5(2)7;/h3H2,1-2H3;/q;+3. The third kappa shape index (κ3) is 9.36. The Morgan fingerprint density at radius 1 is 1.12 bits per heavy atom. The van der Waals surface area contributed by atoms with Gasteiger partial charge in [0.1, 0.15) is 11.6 Å². The van der Waals surface area contributed by atoms with Crippen LogP contribution >= 0.6 is 0 Å². The van der Waals surface area contributed by atoms with Crippen molar-refractivity contribution in [1.29, 1.82) is 0 Å². The summed E-state index contributed by atoms with van der Waals surface area (Å²) in [7, 11) is 0. The Bertz CT molecular complexity index is 86.6. The first kappa shape index (κ1) is 10.9. The summed E-state index contributed by atoms with van der Waals surface area (Å²) in [5.41, 5.74) is 0. The van der Waals surface area contributed by atoms with Crippen molar-refractivity contribution >= 4 is 31.4 Å². The van der Waals surface area contributed by atoms with Crippen LogP contribution in [-0.2, 0) is 9.59 Å². The van der Waals surface area contributed by atoms with Crippen LogP contribution < -0.4 is 0 Å². The summed E-state index contributed by atoms with van der Waals surface area (Å²) in [5, 5.41) is 0. The Hall–Kier alpha value is -0.0236. The quantitative estimate of drug-likeness (QED) is 0.437. The van der Waals surface area contributed by atoms with Crippen LogP contribution in [0.25, 0.3) is 0 Å². The zero-order valence-corrected chi connectivity index (χ0v) is 7.52. The second kappa shape index (κ2) is 5.12. The molecule has 0 aromatic heterocycles. The fourth-order valence-corrected chi connectivity index (χ4v) is 0.351. The van der Waals surface area contributed by atoms with Crippen LogP contribution in [0.1, 0.15) is 20.3 Å². The summed E-state index contributed by atoms with van der Waals surface area (Å²) in [6.07, 6.45) is 0.0833. The normalized spacial score (nSPS) is 7.25. The first-order chi connectivity index (χ1) is 3.13. The van der Waals surface area contributed by atoms with Gasteiger partial charge in [-0.15, -0.1) is 0 Å². The summed E-state index contributed by atoms with van der Waals surface area (Å²) < 4.78 is 0. The first-order valence-corrected chi connectivity index (χ1v) is 2.12. The smallest absolute Gasteiger partial charge is 0.300 e. The number of carbonyl (C=O) groups is 2. The molecule has 40 valence electrons. The average Bonchev–Trinajstić information content (AvgIpc) is 1.27. The fraction of sp³-hybridized carbons (Fsp3) is 0.600. The van der Waals surface area contributed by atoms with Gasteiger partial charge in [0, 0.05) is 0 Å². The van der Waals surface area contributed by atoms with E-state index in [2.05, 4.69) is 0 Å². The van der Waals surface area contributed by atoms with E-state index in [1.54, 1.807) is 0 Å². The molecule has 0 aliphatic rings. The van der Waals surface area contributed by atoms with Crippen LogP contribution in [0, 0.1) is 0 Å². The van der Waals surface area contributed by atoms with Crippen molar-refractivity contribution in [1.82, 2.24) is 0 Å². The molecule has 0 atom stereocenters. The zero-order valence-electron chi connectivity index (χ0n) is 5.10. The maximum atomic E-state index is 10.0. The van der Waals surface area contributed by atoms with Crippen LogP contribution in [0.4, 0.5) is 0 Å². The van der Waals surface area contributed by atoms with Crippen molar-refractivity contribution in [2.24, 2.45) is 0 Å². The van der Waals surface area contributed by atoms with Gasteiger partial charge in [-0.25, -0.2) is 0 Å². The van der Waals surface area contributed by atoms with Crippen molar-refractivity contribution in [3.05, 3.63) is 0 Å². The minimum absolute atomic E-state index is 0. The first-order valence-electron chi connectivity index (χ1n) is 2.12. The van der Waals surface area contributed by atoms with E-state index in [0.29, 0.717) is 0 Å². The Kier molecular flexibility index (Phi) is 6.96. The Balaban J connectivity index is 0. The third-order valence-corrected chi connectivity index (χ3v) is 0.498. The van der Waals surface area contributed by atoms with Crippen LogP contribution in [0.2, 0.25) is 0 Å². The molecule has 0 spiro atoms. The topological polar surface area (TPSA) is 34.1 Å². The van der Waals surface area contributed by atoms with Gasteiger partial charge >= 0.3 is 19.8 Å². The summed E-state index contributed by atoms with van der Waals surface area (Å²) in [6.45, 7) is 2.81. The van der Waals surface area contributed by atoms with E-state index in [1.165, 1.54) is 13.8 Å². The zero-order chi connectivity index (χ0) is 5.86. The molecule has 0 rings (SSSR count). The SMILES string of the molecule is CC(=O)CC(C)=O.[Ga+3]. The predicted octanol–water partition coefficient (Wildman–Crippen LogP) is 0.174. The number of carbonyl (C=O) groups excluding carboxylic acids is 2. The van der Waals surface area contributed by atoms with Gasteiger partial charge in [0.2, 0.25) is 0 Å². The molecule has 0 fully saturated rings. The number of rotatable bonds is 2. The van der Waals surface area contributed by atoms with Gasteiger partial charge in [-0.2, -0.15) is 0 Å². The van der Waals surface area contributed by atoms with Gasteiger partial charge in [-0.05, 0) is 13.8 Å². The minimum Gasteiger partial charge on any atom is -0.300 e. The Morgan fingerprint density at radius 3 is 1.38 bits per heavy atom. The van der Waals surface area contributed by atoms with Gasteiger partial charge in [-0.3, -0.25) is 9.59 Å². The van der Waals surface area contributed by atoms with E-state index >= 15 is 0 Å². The summed E-state index contributed by atoms with van der Waals surface area (Å²) in [5.74, 6) is -0.125. The maximum Gasteiger partial charge on any atom is 3.00 e. The molecule has 0 amide bonds. The van der Waals surface area contributed by atoms with Gasteiger partial charge in [0.05, 0.1) is 6.42 Å². The molecule has 3 heteroatoms. The van der Waals surface area contributed by atoms with Crippen molar-refractivity contribution in [2.75, 3.05) is 0 Å². The van der Waals surface area contributed by atoms with E-state index in [0.717, 1.165) is 0 Å². The average molecular weight is 170 g/mol. The van der Waals surface area contributed by atoms with E-state index in [1.807, 2.05) is 0 Å². The molecule has 0 aromatic carbocycles. The maximum absolute atomic E-state index is 10.0. The van der Waals surface area contributed by atoms with Gasteiger partial charge in [0.15, 0.2) is 0 Å². The Labute approximate surface area is 61.7 Å². The van der Waals surface area contributed by atoms with E-state index in [-0.39, 0.29) is 37.8 Å². The van der Waals surface area contributed by atoms with E-state index in [9.17, 15) is 9.59 Å². The number of ketones is 2. The minimum atomic E-state index is -0.0625. The van der Waals surface area contributed by atoms with Gasteiger partial charge < -0.3 is 0 Å². The van der Waals surface area contributed by atoms with Crippen molar-refractivity contribution in [3.8, 4) is 0 Å². The van der Waals surface area contributed by atoms with Gasteiger partial charge in [0.25, 0.3) is 0 Å².